The van der Waals surface area contributed by atoms with Crippen LogP contribution in [0.25, 0.3) is 0 Å². The first-order valence-electron chi connectivity index (χ1n) is 7.01. The molecule has 1 amide bonds. The summed E-state index contributed by atoms with van der Waals surface area (Å²) in [5.41, 5.74) is 0.977. The Hall–Kier alpha value is -1.82. The van der Waals surface area contributed by atoms with Crippen LogP contribution in [0, 0.1) is 6.92 Å². The molecule has 1 unspecified atom stereocenters. The summed E-state index contributed by atoms with van der Waals surface area (Å²) in [6, 6.07) is 9.46. The van der Waals surface area contributed by atoms with Crippen molar-refractivity contribution >= 4 is 17.7 Å². The zero-order chi connectivity index (χ0) is 15.1. The van der Waals surface area contributed by atoms with Gasteiger partial charge in [-0.25, -0.2) is 4.98 Å². The van der Waals surface area contributed by atoms with Gasteiger partial charge in [-0.15, -0.1) is 0 Å². The molecule has 0 radical (unpaired) electrons. The number of H-pyrrole nitrogens is 1. The molecular formula is C15H20N4OS. The summed E-state index contributed by atoms with van der Waals surface area (Å²) in [7, 11) is 0. The van der Waals surface area contributed by atoms with E-state index in [9.17, 15) is 4.79 Å². The molecule has 21 heavy (non-hydrogen) atoms. The molecule has 2 rings (SSSR count). The SMILES string of the molecule is CCCSCC(=O)NC(c1ccccc1)c1n[nH]c(C)n1. The Kier molecular flexibility index (Phi) is 5.80. The van der Waals surface area contributed by atoms with E-state index < -0.39 is 0 Å². The Morgan fingerprint density at radius 3 is 2.76 bits per heavy atom. The van der Waals surface area contributed by atoms with E-state index in [4.69, 9.17) is 0 Å². The van der Waals surface area contributed by atoms with E-state index in [2.05, 4.69) is 27.4 Å². The average molecular weight is 304 g/mol. The van der Waals surface area contributed by atoms with Crippen LogP contribution in [-0.2, 0) is 4.79 Å². The standard InChI is InChI=1S/C15H20N4OS/c1-3-9-21-10-13(20)17-14(12-7-5-4-6-8-12)15-16-11(2)18-19-15/h4-8,14H,3,9-10H2,1-2H3,(H,17,20)(H,16,18,19). The van der Waals surface area contributed by atoms with Crippen LogP contribution < -0.4 is 5.32 Å². The number of hydrogen-bond acceptors (Lipinski definition) is 4. The molecule has 0 fully saturated rings. The molecule has 0 spiro atoms. The summed E-state index contributed by atoms with van der Waals surface area (Å²) in [6.45, 7) is 3.95. The number of aromatic nitrogens is 3. The summed E-state index contributed by atoms with van der Waals surface area (Å²) in [5.74, 6) is 2.78. The predicted molar refractivity (Wildman–Crippen MR) is 85.2 cm³/mol. The third kappa shape index (κ3) is 4.60. The number of aromatic amines is 1. The van der Waals surface area contributed by atoms with E-state index in [-0.39, 0.29) is 11.9 Å². The summed E-state index contributed by atoms with van der Waals surface area (Å²) in [4.78, 5) is 16.4. The number of thioether (sulfide) groups is 1. The number of hydrogen-bond donors (Lipinski definition) is 2. The maximum atomic E-state index is 12.1. The molecule has 112 valence electrons. The van der Waals surface area contributed by atoms with Gasteiger partial charge < -0.3 is 5.32 Å². The minimum atomic E-state index is -0.314. The summed E-state index contributed by atoms with van der Waals surface area (Å²) in [5, 5.41) is 10.0. The van der Waals surface area contributed by atoms with Gasteiger partial charge >= 0.3 is 0 Å². The molecule has 0 saturated heterocycles. The largest absolute Gasteiger partial charge is 0.341 e. The number of nitrogens with zero attached hydrogens (tertiary/aromatic N) is 2. The Bertz CT molecular complexity index is 570. The molecule has 5 nitrogen and oxygen atoms in total. The van der Waals surface area contributed by atoms with Gasteiger partial charge in [0, 0.05) is 0 Å². The van der Waals surface area contributed by atoms with Gasteiger partial charge in [0.25, 0.3) is 0 Å². The average Bonchev–Trinajstić information content (AvgIpc) is 2.92. The number of carbonyl (C=O) groups excluding carboxylic acids is 1. The summed E-state index contributed by atoms with van der Waals surface area (Å²) >= 11 is 1.64. The van der Waals surface area contributed by atoms with Crippen molar-refractivity contribution in [1.29, 1.82) is 0 Å². The van der Waals surface area contributed by atoms with Crippen molar-refractivity contribution in [3.63, 3.8) is 0 Å². The highest BCUT2D eigenvalue weighted by molar-refractivity contribution is 7.99. The zero-order valence-electron chi connectivity index (χ0n) is 12.3. The van der Waals surface area contributed by atoms with Crippen LogP contribution in [0.1, 0.15) is 36.6 Å². The van der Waals surface area contributed by atoms with E-state index in [1.165, 1.54) is 0 Å². The van der Waals surface area contributed by atoms with Gasteiger partial charge in [-0.05, 0) is 24.7 Å². The number of rotatable bonds is 7. The normalized spacial score (nSPS) is 12.1. The third-order valence-corrected chi connectivity index (χ3v) is 4.06. The number of carbonyl (C=O) groups is 1. The van der Waals surface area contributed by atoms with Crippen LogP contribution in [0.5, 0.6) is 0 Å². The van der Waals surface area contributed by atoms with Gasteiger partial charge in [0.05, 0.1) is 5.75 Å². The van der Waals surface area contributed by atoms with Gasteiger partial charge in [-0.2, -0.15) is 16.9 Å². The van der Waals surface area contributed by atoms with Crippen molar-refractivity contribution in [1.82, 2.24) is 20.5 Å². The second-order valence-corrected chi connectivity index (χ2v) is 5.85. The molecule has 1 atom stereocenters. The van der Waals surface area contributed by atoms with Crippen molar-refractivity contribution in [2.24, 2.45) is 0 Å². The second kappa shape index (κ2) is 7.83. The lowest BCUT2D eigenvalue weighted by Gasteiger charge is -2.16. The predicted octanol–water partition coefficient (Wildman–Crippen LogP) is 2.46. The topological polar surface area (TPSA) is 70.7 Å². The molecule has 0 bridgehead atoms. The zero-order valence-corrected chi connectivity index (χ0v) is 13.1. The van der Waals surface area contributed by atoms with E-state index in [0.717, 1.165) is 23.6 Å². The molecule has 6 heteroatoms. The lowest BCUT2D eigenvalue weighted by atomic mass is 10.1. The molecule has 2 aromatic rings. The quantitative estimate of drug-likeness (QED) is 0.771. The highest BCUT2D eigenvalue weighted by Gasteiger charge is 2.20. The van der Waals surface area contributed by atoms with Crippen LogP contribution in [0.3, 0.4) is 0 Å². The van der Waals surface area contributed by atoms with Crippen LogP contribution in [0.4, 0.5) is 0 Å². The Morgan fingerprint density at radius 1 is 1.38 bits per heavy atom. The maximum Gasteiger partial charge on any atom is 0.230 e. The molecule has 0 aliphatic rings. The number of aryl methyl sites for hydroxylation is 1. The van der Waals surface area contributed by atoms with Gasteiger partial charge in [-0.1, -0.05) is 37.3 Å². The van der Waals surface area contributed by atoms with Crippen molar-refractivity contribution in [3.05, 3.63) is 47.5 Å². The fraction of sp³-hybridized carbons (Fsp3) is 0.400. The third-order valence-electron chi connectivity index (χ3n) is 2.89. The first-order valence-corrected chi connectivity index (χ1v) is 8.17. The smallest absolute Gasteiger partial charge is 0.230 e. The minimum Gasteiger partial charge on any atom is -0.341 e. The molecular weight excluding hydrogens is 284 g/mol. The monoisotopic (exact) mass is 304 g/mol. The van der Waals surface area contributed by atoms with Crippen LogP contribution in [0.15, 0.2) is 30.3 Å². The lowest BCUT2D eigenvalue weighted by molar-refractivity contribution is -0.119. The van der Waals surface area contributed by atoms with E-state index >= 15 is 0 Å². The lowest BCUT2D eigenvalue weighted by Crippen LogP contribution is -2.31. The van der Waals surface area contributed by atoms with Crippen LogP contribution >= 0.6 is 11.8 Å². The van der Waals surface area contributed by atoms with Crippen molar-refractivity contribution < 1.29 is 4.79 Å². The molecule has 1 heterocycles. The van der Waals surface area contributed by atoms with Gasteiger partial charge in [-0.3, -0.25) is 9.89 Å². The van der Waals surface area contributed by atoms with Gasteiger partial charge in [0.1, 0.15) is 11.9 Å². The Labute approximate surface area is 128 Å². The summed E-state index contributed by atoms with van der Waals surface area (Å²) < 4.78 is 0. The van der Waals surface area contributed by atoms with E-state index in [1.54, 1.807) is 11.8 Å². The van der Waals surface area contributed by atoms with Crippen molar-refractivity contribution in [2.75, 3.05) is 11.5 Å². The summed E-state index contributed by atoms with van der Waals surface area (Å²) in [6.07, 6.45) is 1.07. The van der Waals surface area contributed by atoms with Crippen LogP contribution in [-0.4, -0.2) is 32.6 Å². The second-order valence-electron chi connectivity index (χ2n) is 4.74. The van der Waals surface area contributed by atoms with Crippen LogP contribution in [0.2, 0.25) is 0 Å². The van der Waals surface area contributed by atoms with E-state index in [1.807, 2.05) is 37.3 Å². The van der Waals surface area contributed by atoms with Gasteiger partial charge in [0.2, 0.25) is 5.91 Å². The van der Waals surface area contributed by atoms with Crippen molar-refractivity contribution in [3.8, 4) is 0 Å². The molecule has 0 aliphatic carbocycles. The van der Waals surface area contributed by atoms with E-state index in [0.29, 0.717) is 11.6 Å². The maximum absolute atomic E-state index is 12.1. The molecule has 1 aromatic heterocycles. The molecule has 1 aromatic carbocycles. The molecule has 0 aliphatic heterocycles. The van der Waals surface area contributed by atoms with Crippen molar-refractivity contribution in [2.45, 2.75) is 26.3 Å². The minimum absolute atomic E-state index is 0.00440. The fourth-order valence-electron chi connectivity index (χ4n) is 1.94. The number of benzene rings is 1. The fourth-order valence-corrected chi connectivity index (χ4v) is 2.65. The number of amides is 1. The first-order chi connectivity index (χ1) is 10.2. The highest BCUT2D eigenvalue weighted by atomic mass is 32.2. The van der Waals surface area contributed by atoms with Gasteiger partial charge in [0.15, 0.2) is 5.82 Å². The first kappa shape index (κ1) is 15.6. The Morgan fingerprint density at radius 2 is 2.14 bits per heavy atom. The Balaban J connectivity index is 2.11. The number of nitrogens with one attached hydrogen (secondary N) is 2. The highest BCUT2D eigenvalue weighted by Crippen LogP contribution is 2.19. The molecule has 2 N–H and O–H groups in total. The molecule has 0 saturated carbocycles.